The van der Waals surface area contributed by atoms with E-state index in [0.29, 0.717) is 12.8 Å². The molecule has 1 saturated heterocycles. The van der Waals surface area contributed by atoms with Crippen molar-refractivity contribution < 1.29 is 0 Å². The predicted molar refractivity (Wildman–Crippen MR) is 71.0 cm³/mol. The van der Waals surface area contributed by atoms with Gasteiger partial charge in [-0.2, -0.15) is 10.5 Å². The molecule has 1 aliphatic heterocycles. The van der Waals surface area contributed by atoms with Crippen molar-refractivity contribution in [2.75, 3.05) is 18.0 Å². The minimum Gasteiger partial charge on any atom is -0.371 e. The summed E-state index contributed by atoms with van der Waals surface area (Å²) >= 11 is 0. The van der Waals surface area contributed by atoms with Crippen molar-refractivity contribution in [1.29, 1.82) is 10.5 Å². The van der Waals surface area contributed by atoms with E-state index in [1.807, 2.05) is 0 Å². The van der Waals surface area contributed by atoms with Gasteiger partial charge in [0.25, 0.3) is 0 Å². The molecule has 1 heterocycles. The highest BCUT2D eigenvalue weighted by Gasteiger charge is 2.35. The lowest BCUT2D eigenvalue weighted by Gasteiger charge is -2.35. The van der Waals surface area contributed by atoms with E-state index in [1.54, 1.807) is 0 Å². The van der Waals surface area contributed by atoms with Crippen LogP contribution in [0.15, 0.2) is 18.2 Å². The van der Waals surface area contributed by atoms with E-state index in [-0.39, 0.29) is 0 Å². The Bertz CT molecular complexity index is 510. The number of piperidine rings is 1. The SMILES string of the molecule is Cc1cccc(N2CCC(C#N)(C#N)CC2)c1C. The number of hydrogen-bond donors (Lipinski definition) is 0. The zero-order valence-electron chi connectivity index (χ0n) is 10.9. The molecule has 0 amide bonds. The Kier molecular flexibility index (Phi) is 3.26. The third-order valence-electron chi connectivity index (χ3n) is 3.96. The molecule has 1 aromatic carbocycles. The zero-order valence-corrected chi connectivity index (χ0v) is 10.9. The lowest BCUT2D eigenvalue weighted by Crippen LogP contribution is -2.39. The first-order chi connectivity index (χ1) is 8.62. The smallest absolute Gasteiger partial charge is 0.147 e. The lowest BCUT2D eigenvalue weighted by atomic mass is 9.81. The standard InChI is InChI=1S/C15H17N3/c1-12-4-3-5-14(13(12)2)18-8-6-15(10-16,11-17)7-9-18/h3-5H,6-9H2,1-2H3. The summed E-state index contributed by atoms with van der Waals surface area (Å²) in [6.07, 6.45) is 1.26. The fourth-order valence-corrected chi connectivity index (χ4v) is 2.46. The first kappa shape index (κ1) is 12.5. The second-order valence-electron chi connectivity index (χ2n) is 5.01. The van der Waals surface area contributed by atoms with Gasteiger partial charge in [-0.25, -0.2) is 0 Å². The van der Waals surface area contributed by atoms with Crippen LogP contribution in [0.1, 0.15) is 24.0 Å². The van der Waals surface area contributed by atoms with E-state index >= 15 is 0 Å². The number of rotatable bonds is 1. The Morgan fingerprint density at radius 2 is 1.72 bits per heavy atom. The minimum atomic E-state index is -0.770. The second-order valence-corrected chi connectivity index (χ2v) is 5.01. The van der Waals surface area contributed by atoms with E-state index in [9.17, 15) is 0 Å². The van der Waals surface area contributed by atoms with E-state index in [4.69, 9.17) is 10.5 Å². The van der Waals surface area contributed by atoms with E-state index in [1.165, 1.54) is 16.8 Å². The van der Waals surface area contributed by atoms with E-state index < -0.39 is 5.41 Å². The maximum atomic E-state index is 9.11. The number of nitriles is 2. The van der Waals surface area contributed by atoms with Crippen LogP contribution in [0.5, 0.6) is 0 Å². The number of aryl methyl sites for hydroxylation is 1. The van der Waals surface area contributed by atoms with Gasteiger partial charge in [0.1, 0.15) is 5.41 Å². The molecule has 3 nitrogen and oxygen atoms in total. The predicted octanol–water partition coefficient (Wildman–Crippen LogP) is 2.94. The van der Waals surface area contributed by atoms with E-state index in [0.717, 1.165) is 13.1 Å². The minimum absolute atomic E-state index is 0.632. The Morgan fingerprint density at radius 3 is 2.28 bits per heavy atom. The van der Waals surface area contributed by atoms with Gasteiger partial charge in [-0.3, -0.25) is 0 Å². The Hall–Kier alpha value is -2.00. The molecule has 0 atom stereocenters. The summed E-state index contributed by atoms with van der Waals surface area (Å²) < 4.78 is 0. The summed E-state index contributed by atoms with van der Waals surface area (Å²) in [6, 6.07) is 10.6. The van der Waals surface area contributed by atoms with Crippen molar-refractivity contribution in [3.63, 3.8) is 0 Å². The molecule has 0 aliphatic carbocycles. The molecule has 0 aromatic heterocycles. The van der Waals surface area contributed by atoms with Crippen LogP contribution in [0.3, 0.4) is 0 Å². The fraction of sp³-hybridized carbons (Fsp3) is 0.467. The van der Waals surface area contributed by atoms with Gasteiger partial charge in [-0.1, -0.05) is 12.1 Å². The maximum Gasteiger partial charge on any atom is 0.147 e. The highest BCUT2D eigenvalue weighted by Crippen LogP contribution is 2.33. The molecule has 18 heavy (non-hydrogen) atoms. The molecule has 3 heteroatoms. The molecule has 92 valence electrons. The number of nitrogens with zero attached hydrogens (tertiary/aromatic N) is 3. The molecule has 2 rings (SSSR count). The van der Waals surface area contributed by atoms with Crippen LogP contribution in [-0.4, -0.2) is 13.1 Å². The summed E-state index contributed by atoms with van der Waals surface area (Å²) in [5, 5.41) is 18.2. The highest BCUT2D eigenvalue weighted by atomic mass is 15.1. The van der Waals surface area contributed by atoms with Crippen LogP contribution in [0, 0.1) is 41.9 Å². The molecular formula is C15H17N3. The Balaban J connectivity index is 2.19. The molecule has 0 bridgehead atoms. The largest absolute Gasteiger partial charge is 0.371 e. The highest BCUT2D eigenvalue weighted by molar-refractivity contribution is 5.56. The molecule has 1 aliphatic rings. The first-order valence-electron chi connectivity index (χ1n) is 6.25. The summed E-state index contributed by atoms with van der Waals surface area (Å²) in [7, 11) is 0. The monoisotopic (exact) mass is 239 g/mol. The number of hydrogen-bond acceptors (Lipinski definition) is 3. The first-order valence-corrected chi connectivity index (χ1v) is 6.25. The normalized spacial score (nSPS) is 17.9. The van der Waals surface area contributed by atoms with Gasteiger partial charge in [-0.15, -0.1) is 0 Å². The number of anilines is 1. The molecule has 0 spiro atoms. The quantitative estimate of drug-likeness (QED) is 0.757. The fourth-order valence-electron chi connectivity index (χ4n) is 2.46. The van der Waals surface area contributed by atoms with Crippen molar-refractivity contribution in [2.45, 2.75) is 26.7 Å². The van der Waals surface area contributed by atoms with Crippen molar-refractivity contribution in [1.82, 2.24) is 0 Å². The Labute approximate surface area is 108 Å². The van der Waals surface area contributed by atoms with E-state index in [2.05, 4.69) is 49.1 Å². The van der Waals surface area contributed by atoms with Crippen LogP contribution in [-0.2, 0) is 0 Å². The van der Waals surface area contributed by atoms with Gasteiger partial charge in [0.15, 0.2) is 0 Å². The molecule has 0 unspecified atom stereocenters. The molecule has 1 fully saturated rings. The summed E-state index contributed by atoms with van der Waals surface area (Å²) in [4.78, 5) is 2.29. The molecule has 0 radical (unpaired) electrons. The van der Waals surface area contributed by atoms with Gasteiger partial charge in [-0.05, 0) is 43.9 Å². The third kappa shape index (κ3) is 2.05. The van der Waals surface area contributed by atoms with Crippen LogP contribution >= 0.6 is 0 Å². The Morgan fingerprint density at radius 1 is 1.11 bits per heavy atom. The van der Waals surface area contributed by atoms with Gasteiger partial charge in [0.2, 0.25) is 0 Å². The lowest BCUT2D eigenvalue weighted by molar-refractivity contribution is 0.393. The molecule has 0 saturated carbocycles. The molecule has 0 N–H and O–H groups in total. The van der Waals surface area contributed by atoms with Gasteiger partial charge >= 0.3 is 0 Å². The van der Waals surface area contributed by atoms with Crippen LogP contribution < -0.4 is 4.90 Å². The molecular weight excluding hydrogens is 222 g/mol. The maximum absolute atomic E-state index is 9.11. The number of benzene rings is 1. The topological polar surface area (TPSA) is 50.8 Å². The summed E-state index contributed by atoms with van der Waals surface area (Å²) in [5.41, 5.74) is 3.04. The summed E-state index contributed by atoms with van der Waals surface area (Å²) in [5.74, 6) is 0. The average Bonchev–Trinajstić information content (AvgIpc) is 2.42. The van der Waals surface area contributed by atoms with Crippen LogP contribution in [0.25, 0.3) is 0 Å². The van der Waals surface area contributed by atoms with Crippen molar-refractivity contribution in [3.8, 4) is 12.1 Å². The van der Waals surface area contributed by atoms with Gasteiger partial charge in [0.05, 0.1) is 12.1 Å². The molecule has 1 aromatic rings. The van der Waals surface area contributed by atoms with Crippen molar-refractivity contribution >= 4 is 5.69 Å². The average molecular weight is 239 g/mol. The van der Waals surface area contributed by atoms with Crippen LogP contribution in [0.2, 0.25) is 0 Å². The van der Waals surface area contributed by atoms with Gasteiger partial charge in [0, 0.05) is 18.8 Å². The van der Waals surface area contributed by atoms with Crippen LogP contribution in [0.4, 0.5) is 5.69 Å². The zero-order chi connectivity index (χ0) is 13.2. The summed E-state index contributed by atoms with van der Waals surface area (Å²) in [6.45, 7) is 5.80. The van der Waals surface area contributed by atoms with Crippen molar-refractivity contribution in [2.24, 2.45) is 5.41 Å². The third-order valence-corrected chi connectivity index (χ3v) is 3.96. The van der Waals surface area contributed by atoms with Crippen molar-refractivity contribution in [3.05, 3.63) is 29.3 Å². The second kappa shape index (κ2) is 4.70. The van der Waals surface area contributed by atoms with Gasteiger partial charge < -0.3 is 4.90 Å².